The van der Waals surface area contributed by atoms with Crippen molar-refractivity contribution in [2.45, 2.75) is 13.3 Å². The number of rotatable bonds is 5. The summed E-state index contributed by atoms with van der Waals surface area (Å²) in [6.45, 7) is 2.76. The summed E-state index contributed by atoms with van der Waals surface area (Å²) >= 11 is 1.40. The Morgan fingerprint density at radius 3 is 2.65 bits per heavy atom. The molecule has 0 aliphatic rings. The first-order valence-corrected chi connectivity index (χ1v) is 6.22. The van der Waals surface area contributed by atoms with E-state index in [1.165, 1.54) is 17.1 Å². The van der Waals surface area contributed by atoms with Gasteiger partial charge < -0.3 is 10.1 Å². The predicted octanol–water partition coefficient (Wildman–Crippen LogP) is 2.51. The third-order valence-corrected chi connectivity index (χ3v) is 3.14. The maximum Gasteiger partial charge on any atom is 0.202 e. The molecule has 0 saturated heterocycles. The molecule has 0 atom stereocenters. The number of hydrogen-bond acceptors (Lipinski definition) is 5. The number of anilines is 1. The second-order valence-corrected chi connectivity index (χ2v) is 4.42. The monoisotopic (exact) mass is 249 g/mol. The molecular formula is C12H15N3OS. The van der Waals surface area contributed by atoms with Crippen molar-refractivity contribution in [1.82, 2.24) is 9.36 Å². The van der Waals surface area contributed by atoms with Crippen LogP contribution >= 0.6 is 11.5 Å². The van der Waals surface area contributed by atoms with Crippen LogP contribution in [0.25, 0.3) is 0 Å². The molecule has 0 amide bonds. The van der Waals surface area contributed by atoms with Gasteiger partial charge >= 0.3 is 0 Å². The minimum atomic E-state index is 0.821. The van der Waals surface area contributed by atoms with Crippen LogP contribution in [0.1, 0.15) is 11.4 Å². The van der Waals surface area contributed by atoms with Crippen molar-refractivity contribution in [3.05, 3.63) is 35.7 Å². The van der Waals surface area contributed by atoms with E-state index >= 15 is 0 Å². The summed E-state index contributed by atoms with van der Waals surface area (Å²) in [5.41, 5.74) is 1.28. The maximum absolute atomic E-state index is 5.11. The third-order valence-electron chi connectivity index (χ3n) is 2.38. The molecule has 1 aromatic carbocycles. The highest BCUT2D eigenvalue weighted by molar-refractivity contribution is 7.09. The number of hydrogen-bond donors (Lipinski definition) is 1. The van der Waals surface area contributed by atoms with Gasteiger partial charge in [0.1, 0.15) is 11.6 Å². The van der Waals surface area contributed by atoms with Crippen molar-refractivity contribution in [2.75, 3.05) is 19.0 Å². The van der Waals surface area contributed by atoms with Gasteiger partial charge in [-0.25, -0.2) is 4.98 Å². The number of nitrogens with one attached hydrogen (secondary N) is 1. The molecule has 0 saturated carbocycles. The van der Waals surface area contributed by atoms with Gasteiger partial charge in [0.15, 0.2) is 0 Å². The predicted molar refractivity (Wildman–Crippen MR) is 69.8 cm³/mol. The number of methoxy groups -OCH3 is 1. The Morgan fingerprint density at radius 2 is 2.06 bits per heavy atom. The van der Waals surface area contributed by atoms with E-state index in [1.807, 2.05) is 19.1 Å². The molecule has 2 rings (SSSR count). The summed E-state index contributed by atoms with van der Waals surface area (Å²) in [5.74, 6) is 1.71. The Labute approximate surface area is 105 Å². The first kappa shape index (κ1) is 11.9. The van der Waals surface area contributed by atoms with E-state index in [2.05, 4.69) is 26.8 Å². The van der Waals surface area contributed by atoms with Crippen molar-refractivity contribution < 1.29 is 4.74 Å². The lowest BCUT2D eigenvalue weighted by Gasteiger charge is -2.04. The fourth-order valence-electron chi connectivity index (χ4n) is 1.47. The highest BCUT2D eigenvalue weighted by atomic mass is 32.1. The molecule has 0 radical (unpaired) electrons. The van der Waals surface area contributed by atoms with Crippen LogP contribution in [-0.4, -0.2) is 23.0 Å². The van der Waals surface area contributed by atoms with Gasteiger partial charge in [0.2, 0.25) is 5.13 Å². The highest BCUT2D eigenvalue weighted by Crippen LogP contribution is 2.13. The molecule has 17 heavy (non-hydrogen) atoms. The standard InChI is InChI=1S/C12H15N3OS/c1-9-14-12(17-15-9)13-8-7-10-3-5-11(16-2)6-4-10/h3-6H,7-8H2,1-2H3,(H,13,14,15). The fourth-order valence-corrected chi connectivity index (χ4v) is 2.07. The van der Waals surface area contributed by atoms with E-state index in [-0.39, 0.29) is 0 Å². The van der Waals surface area contributed by atoms with E-state index < -0.39 is 0 Å². The van der Waals surface area contributed by atoms with Gasteiger partial charge in [-0.1, -0.05) is 12.1 Å². The highest BCUT2D eigenvalue weighted by Gasteiger charge is 1.99. The Balaban J connectivity index is 1.81. The van der Waals surface area contributed by atoms with Crippen LogP contribution in [0.4, 0.5) is 5.13 Å². The maximum atomic E-state index is 5.11. The minimum Gasteiger partial charge on any atom is -0.497 e. The molecule has 0 spiro atoms. The zero-order valence-corrected chi connectivity index (χ0v) is 10.8. The van der Waals surface area contributed by atoms with Gasteiger partial charge in [-0.15, -0.1) is 0 Å². The zero-order chi connectivity index (χ0) is 12.1. The molecular weight excluding hydrogens is 234 g/mol. The van der Waals surface area contributed by atoms with E-state index in [4.69, 9.17) is 4.74 Å². The Kier molecular flexibility index (Phi) is 3.93. The molecule has 1 heterocycles. The Hall–Kier alpha value is -1.62. The Morgan fingerprint density at radius 1 is 1.29 bits per heavy atom. The molecule has 0 fully saturated rings. The van der Waals surface area contributed by atoms with Gasteiger partial charge in [0, 0.05) is 18.1 Å². The van der Waals surface area contributed by atoms with Gasteiger partial charge in [-0.2, -0.15) is 4.37 Å². The summed E-state index contributed by atoms with van der Waals surface area (Å²) in [4.78, 5) is 4.25. The van der Waals surface area contributed by atoms with Gasteiger partial charge in [0.25, 0.3) is 0 Å². The van der Waals surface area contributed by atoms with Crippen molar-refractivity contribution in [2.24, 2.45) is 0 Å². The molecule has 0 aliphatic carbocycles. The van der Waals surface area contributed by atoms with Gasteiger partial charge in [-0.05, 0) is 31.0 Å². The first-order valence-electron chi connectivity index (χ1n) is 5.45. The topological polar surface area (TPSA) is 47.0 Å². The smallest absolute Gasteiger partial charge is 0.202 e. The summed E-state index contributed by atoms with van der Waals surface area (Å²) in [6, 6.07) is 8.10. The van der Waals surface area contributed by atoms with Gasteiger partial charge in [0.05, 0.1) is 7.11 Å². The third kappa shape index (κ3) is 3.42. The number of aryl methyl sites for hydroxylation is 1. The molecule has 1 N–H and O–H groups in total. The lowest BCUT2D eigenvalue weighted by molar-refractivity contribution is 0.414. The molecule has 90 valence electrons. The summed E-state index contributed by atoms with van der Waals surface area (Å²) in [7, 11) is 1.67. The SMILES string of the molecule is COc1ccc(CCNc2nc(C)ns2)cc1. The first-order chi connectivity index (χ1) is 8.28. The molecule has 2 aromatic rings. The summed E-state index contributed by atoms with van der Waals surface area (Å²) < 4.78 is 9.23. The number of benzene rings is 1. The lowest BCUT2D eigenvalue weighted by atomic mass is 10.1. The zero-order valence-electron chi connectivity index (χ0n) is 9.93. The van der Waals surface area contributed by atoms with Crippen molar-refractivity contribution in [1.29, 1.82) is 0 Å². The van der Waals surface area contributed by atoms with Crippen LogP contribution in [-0.2, 0) is 6.42 Å². The quantitative estimate of drug-likeness (QED) is 0.884. The van der Waals surface area contributed by atoms with Gasteiger partial charge in [-0.3, -0.25) is 0 Å². The number of nitrogens with zero attached hydrogens (tertiary/aromatic N) is 2. The lowest BCUT2D eigenvalue weighted by Crippen LogP contribution is -2.04. The van der Waals surface area contributed by atoms with Crippen molar-refractivity contribution in [3.63, 3.8) is 0 Å². The van der Waals surface area contributed by atoms with Crippen LogP contribution in [0.2, 0.25) is 0 Å². The van der Waals surface area contributed by atoms with E-state index in [1.54, 1.807) is 7.11 Å². The number of aromatic nitrogens is 2. The molecule has 0 unspecified atom stereocenters. The van der Waals surface area contributed by atoms with Crippen LogP contribution < -0.4 is 10.1 Å². The van der Waals surface area contributed by atoms with E-state index in [9.17, 15) is 0 Å². The minimum absolute atomic E-state index is 0.821. The molecule has 0 bridgehead atoms. The molecule has 5 heteroatoms. The average molecular weight is 249 g/mol. The number of ether oxygens (including phenoxy) is 1. The van der Waals surface area contributed by atoms with E-state index in [0.717, 1.165) is 29.7 Å². The van der Waals surface area contributed by atoms with Crippen LogP contribution in [0.15, 0.2) is 24.3 Å². The second kappa shape index (κ2) is 5.63. The molecule has 1 aromatic heterocycles. The van der Waals surface area contributed by atoms with Crippen LogP contribution in [0, 0.1) is 6.92 Å². The largest absolute Gasteiger partial charge is 0.497 e. The van der Waals surface area contributed by atoms with Crippen molar-refractivity contribution in [3.8, 4) is 5.75 Å². The fraction of sp³-hybridized carbons (Fsp3) is 0.333. The van der Waals surface area contributed by atoms with Crippen LogP contribution in [0.5, 0.6) is 5.75 Å². The average Bonchev–Trinajstić information content (AvgIpc) is 2.76. The summed E-state index contributed by atoms with van der Waals surface area (Å²) in [5, 5.41) is 4.14. The second-order valence-electron chi connectivity index (χ2n) is 3.67. The molecule has 0 aliphatic heterocycles. The Bertz CT molecular complexity index is 467. The molecule has 4 nitrogen and oxygen atoms in total. The summed E-state index contributed by atoms with van der Waals surface area (Å²) in [6.07, 6.45) is 0.961. The van der Waals surface area contributed by atoms with Crippen LogP contribution in [0.3, 0.4) is 0 Å². The van der Waals surface area contributed by atoms with E-state index in [0.29, 0.717) is 0 Å². The van der Waals surface area contributed by atoms with Crippen molar-refractivity contribution >= 4 is 16.7 Å². The normalized spacial score (nSPS) is 10.2.